The third-order valence-corrected chi connectivity index (χ3v) is 2.93. The van der Waals surface area contributed by atoms with Gasteiger partial charge in [0.2, 0.25) is 0 Å². The Hall–Kier alpha value is -1.42. The highest BCUT2D eigenvalue weighted by Crippen LogP contribution is 2.16. The summed E-state index contributed by atoms with van der Waals surface area (Å²) in [4.78, 5) is 17.9. The van der Waals surface area contributed by atoms with Crippen LogP contribution in [0.4, 0.5) is 5.82 Å². The number of pyridine rings is 1. The lowest BCUT2D eigenvalue weighted by molar-refractivity contribution is 0.0820. The van der Waals surface area contributed by atoms with E-state index in [2.05, 4.69) is 16.8 Å². The van der Waals surface area contributed by atoms with E-state index in [1.807, 2.05) is 6.07 Å². The van der Waals surface area contributed by atoms with Crippen LogP contribution in [0.5, 0.6) is 0 Å². The molecule has 92 valence electrons. The van der Waals surface area contributed by atoms with Crippen LogP contribution in [0, 0.1) is 0 Å². The van der Waals surface area contributed by atoms with Crippen molar-refractivity contribution in [1.29, 1.82) is 0 Å². The average Bonchev–Trinajstić information content (AvgIpc) is 2.54. The van der Waals surface area contributed by atoms with Crippen molar-refractivity contribution in [2.45, 2.75) is 26.4 Å². The van der Waals surface area contributed by atoms with Crippen molar-refractivity contribution in [2.24, 2.45) is 0 Å². The first-order valence-electron chi connectivity index (χ1n) is 6.00. The average molecular weight is 234 g/mol. The SMILES string of the molecule is CC(=O)c1ccnc(N2CCCOC(C)C2)c1. The summed E-state index contributed by atoms with van der Waals surface area (Å²) in [5.41, 5.74) is 0.716. The van der Waals surface area contributed by atoms with Crippen LogP contribution in [0.1, 0.15) is 30.6 Å². The van der Waals surface area contributed by atoms with Gasteiger partial charge in [0.25, 0.3) is 0 Å². The molecule has 1 unspecified atom stereocenters. The molecule has 1 atom stereocenters. The Morgan fingerprint density at radius 1 is 1.59 bits per heavy atom. The number of carbonyl (C=O) groups is 1. The molecule has 4 nitrogen and oxygen atoms in total. The second-order valence-electron chi connectivity index (χ2n) is 4.44. The minimum atomic E-state index is 0.0766. The van der Waals surface area contributed by atoms with Gasteiger partial charge in [0.05, 0.1) is 6.10 Å². The zero-order valence-corrected chi connectivity index (χ0v) is 10.3. The molecule has 4 heteroatoms. The lowest BCUT2D eigenvalue weighted by Gasteiger charge is -2.23. The summed E-state index contributed by atoms with van der Waals surface area (Å²) in [6.07, 6.45) is 2.90. The number of ether oxygens (including phenoxy) is 1. The molecule has 0 bridgehead atoms. The summed E-state index contributed by atoms with van der Waals surface area (Å²) in [7, 11) is 0. The molecular formula is C13H18N2O2. The largest absolute Gasteiger partial charge is 0.377 e. The van der Waals surface area contributed by atoms with Gasteiger partial charge in [-0.15, -0.1) is 0 Å². The van der Waals surface area contributed by atoms with Gasteiger partial charge in [-0.2, -0.15) is 0 Å². The highest BCUT2D eigenvalue weighted by atomic mass is 16.5. The molecule has 1 aliphatic heterocycles. The van der Waals surface area contributed by atoms with Gasteiger partial charge in [0, 0.05) is 31.5 Å². The number of hydrogen-bond donors (Lipinski definition) is 0. The monoisotopic (exact) mass is 234 g/mol. The predicted molar refractivity (Wildman–Crippen MR) is 66.5 cm³/mol. The number of Topliss-reactive ketones (excluding diaryl/α,β-unsaturated/α-hetero) is 1. The van der Waals surface area contributed by atoms with Crippen LogP contribution in [-0.4, -0.2) is 36.6 Å². The van der Waals surface area contributed by atoms with E-state index in [1.165, 1.54) is 0 Å². The number of anilines is 1. The molecular weight excluding hydrogens is 216 g/mol. The second-order valence-corrected chi connectivity index (χ2v) is 4.44. The number of rotatable bonds is 2. The zero-order valence-electron chi connectivity index (χ0n) is 10.3. The van der Waals surface area contributed by atoms with Gasteiger partial charge >= 0.3 is 0 Å². The summed E-state index contributed by atoms with van der Waals surface area (Å²) in [5.74, 6) is 0.947. The van der Waals surface area contributed by atoms with Crippen LogP contribution in [0.15, 0.2) is 18.3 Å². The third-order valence-electron chi connectivity index (χ3n) is 2.93. The molecule has 0 aromatic carbocycles. The lowest BCUT2D eigenvalue weighted by Crippen LogP contribution is -2.30. The molecule has 0 amide bonds. The van der Waals surface area contributed by atoms with Crippen LogP contribution in [-0.2, 0) is 4.74 Å². The molecule has 17 heavy (non-hydrogen) atoms. The minimum Gasteiger partial charge on any atom is -0.377 e. The van der Waals surface area contributed by atoms with Crippen molar-refractivity contribution < 1.29 is 9.53 Å². The van der Waals surface area contributed by atoms with Gasteiger partial charge in [-0.25, -0.2) is 4.98 Å². The fourth-order valence-electron chi connectivity index (χ4n) is 2.01. The quantitative estimate of drug-likeness (QED) is 0.733. The summed E-state index contributed by atoms with van der Waals surface area (Å²) >= 11 is 0. The fourth-order valence-corrected chi connectivity index (χ4v) is 2.01. The van der Waals surface area contributed by atoms with E-state index >= 15 is 0 Å². The maximum Gasteiger partial charge on any atom is 0.159 e. The first-order valence-corrected chi connectivity index (χ1v) is 6.00. The van der Waals surface area contributed by atoms with Crippen LogP contribution in [0.25, 0.3) is 0 Å². The van der Waals surface area contributed by atoms with E-state index < -0.39 is 0 Å². The molecule has 1 aromatic rings. The molecule has 0 spiro atoms. The molecule has 0 N–H and O–H groups in total. The van der Waals surface area contributed by atoms with Crippen molar-refractivity contribution in [3.8, 4) is 0 Å². The molecule has 0 saturated carbocycles. The van der Waals surface area contributed by atoms with Gasteiger partial charge in [-0.3, -0.25) is 4.79 Å². The van der Waals surface area contributed by atoms with E-state index in [0.717, 1.165) is 31.9 Å². The van der Waals surface area contributed by atoms with Gasteiger partial charge < -0.3 is 9.64 Å². The summed E-state index contributed by atoms with van der Waals surface area (Å²) < 4.78 is 5.60. The Kier molecular flexibility index (Phi) is 3.74. The Morgan fingerprint density at radius 2 is 2.41 bits per heavy atom. The van der Waals surface area contributed by atoms with Crippen molar-refractivity contribution >= 4 is 11.6 Å². The highest BCUT2D eigenvalue weighted by molar-refractivity contribution is 5.94. The molecule has 1 fully saturated rings. The van der Waals surface area contributed by atoms with Crippen LogP contribution in [0.3, 0.4) is 0 Å². The van der Waals surface area contributed by atoms with Crippen LogP contribution < -0.4 is 4.90 Å². The van der Waals surface area contributed by atoms with Gasteiger partial charge in [-0.05, 0) is 32.4 Å². The molecule has 1 saturated heterocycles. The van der Waals surface area contributed by atoms with Crippen molar-refractivity contribution in [3.05, 3.63) is 23.9 Å². The Labute approximate surface area is 102 Å². The first-order chi connectivity index (χ1) is 8.16. The molecule has 0 radical (unpaired) electrons. The number of ketones is 1. The molecule has 1 aliphatic rings. The summed E-state index contributed by atoms with van der Waals surface area (Å²) in [6, 6.07) is 3.62. The highest BCUT2D eigenvalue weighted by Gasteiger charge is 2.16. The Morgan fingerprint density at radius 3 is 3.18 bits per heavy atom. The second kappa shape index (κ2) is 5.27. The number of carbonyl (C=O) groups excluding carboxylic acids is 1. The molecule has 2 rings (SSSR count). The minimum absolute atomic E-state index is 0.0766. The van der Waals surface area contributed by atoms with Gasteiger partial charge in [0.15, 0.2) is 5.78 Å². The van der Waals surface area contributed by atoms with Gasteiger partial charge in [-0.1, -0.05) is 0 Å². The van der Waals surface area contributed by atoms with Crippen molar-refractivity contribution in [1.82, 2.24) is 4.98 Å². The molecule has 1 aromatic heterocycles. The standard InChI is InChI=1S/C13H18N2O2/c1-10-9-15(6-3-7-17-10)13-8-12(11(2)16)4-5-14-13/h4-5,8,10H,3,6-7,9H2,1-2H3. The molecule has 0 aliphatic carbocycles. The van der Waals surface area contributed by atoms with Crippen LogP contribution >= 0.6 is 0 Å². The van der Waals surface area contributed by atoms with Crippen molar-refractivity contribution in [2.75, 3.05) is 24.6 Å². The van der Waals surface area contributed by atoms with E-state index in [1.54, 1.807) is 19.2 Å². The van der Waals surface area contributed by atoms with E-state index in [-0.39, 0.29) is 11.9 Å². The predicted octanol–water partition coefficient (Wildman–Crippen LogP) is 1.90. The number of nitrogens with zero attached hydrogens (tertiary/aromatic N) is 2. The Balaban J connectivity index is 2.20. The summed E-state index contributed by atoms with van der Waals surface area (Å²) in [5, 5.41) is 0. The van der Waals surface area contributed by atoms with Gasteiger partial charge in [0.1, 0.15) is 5.82 Å². The maximum atomic E-state index is 11.3. The van der Waals surface area contributed by atoms with Crippen molar-refractivity contribution in [3.63, 3.8) is 0 Å². The zero-order chi connectivity index (χ0) is 12.3. The number of aromatic nitrogens is 1. The molecule has 2 heterocycles. The fraction of sp³-hybridized carbons (Fsp3) is 0.538. The Bertz CT molecular complexity index is 406. The normalized spacial score (nSPS) is 21.1. The van der Waals surface area contributed by atoms with E-state index in [4.69, 9.17) is 4.74 Å². The third kappa shape index (κ3) is 3.03. The van der Waals surface area contributed by atoms with E-state index in [9.17, 15) is 4.79 Å². The topological polar surface area (TPSA) is 42.4 Å². The number of hydrogen-bond acceptors (Lipinski definition) is 4. The smallest absolute Gasteiger partial charge is 0.159 e. The van der Waals surface area contributed by atoms with E-state index in [0.29, 0.717) is 5.56 Å². The first kappa shape index (κ1) is 12.0. The maximum absolute atomic E-state index is 11.3. The summed E-state index contributed by atoms with van der Waals surface area (Å²) in [6.45, 7) is 6.19. The lowest BCUT2D eigenvalue weighted by atomic mass is 10.2. The van der Waals surface area contributed by atoms with Crippen LogP contribution in [0.2, 0.25) is 0 Å².